The van der Waals surface area contributed by atoms with Gasteiger partial charge in [0.05, 0.1) is 0 Å². The average Bonchev–Trinajstić information content (AvgIpc) is 2.86. The molecule has 36 heavy (non-hydrogen) atoms. The van der Waals surface area contributed by atoms with Gasteiger partial charge < -0.3 is 15.3 Å². The first-order chi connectivity index (χ1) is 17.2. The highest BCUT2D eigenvalue weighted by molar-refractivity contribution is 6.29. The molecule has 2 heterocycles. The van der Waals surface area contributed by atoms with Gasteiger partial charge in [-0.3, -0.25) is 19.3 Å². The van der Waals surface area contributed by atoms with E-state index in [4.69, 9.17) is 16.7 Å². The zero-order valence-electron chi connectivity index (χ0n) is 20.8. The van der Waals surface area contributed by atoms with Crippen molar-refractivity contribution in [3.05, 3.63) is 47.2 Å². The van der Waals surface area contributed by atoms with Crippen molar-refractivity contribution in [3.63, 3.8) is 0 Å². The number of carbonyl (C=O) groups is 3. The number of aliphatic carboxylic acids is 1. The standard InChI is InChI=1S/C26H34ClN5O4/c1-18(2)16-21(26(36)32-14-12-31(13-15-32)11-7-6-10-23(33)34)29-25(35)20-17-22(27)30-24(28-20)19-8-4-3-5-9-19/h3-5,8-9,17-18,21H,6-7,10-16H2,1-2H3,(H,29,35)(H,33,34)/t21-/m0/s1. The lowest BCUT2D eigenvalue weighted by Crippen LogP contribution is -2.55. The minimum absolute atomic E-state index is 0.106. The molecule has 1 fully saturated rings. The van der Waals surface area contributed by atoms with Gasteiger partial charge in [0.15, 0.2) is 5.82 Å². The summed E-state index contributed by atoms with van der Waals surface area (Å²) >= 11 is 6.18. The fourth-order valence-corrected chi connectivity index (χ4v) is 4.38. The third-order valence-electron chi connectivity index (χ3n) is 6.07. The Balaban J connectivity index is 1.62. The minimum atomic E-state index is -0.774. The highest BCUT2D eigenvalue weighted by atomic mass is 35.5. The van der Waals surface area contributed by atoms with Crippen LogP contribution in [0, 0.1) is 5.92 Å². The molecule has 3 rings (SSSR count). The summed E-state index contributed by atoms with van der Waals surface area (Å²) in [7, 11) is 0. The second-order valence-electron chi connectivity index (χ2n) is 9.44. The van der Waals surface area contributed by atoms with Gasteiger partial charge in [-0.2, -0.15) is 0 Å². The largest absolute Gasteiger partial charge is 0.481 e. The SMILES string of the molecule is CC(C)C[C@H](NC(=O)c1cc(Cl)nc(-c2ccccc2)n1)C(=O)N1CCN(CCCCC(=O)O)CC1. The predicted molar refractivity (Wildman–Crippen MR) is 138 cm³/mol. The third-order valence-corrected chi connectivity index (χ3v) is 6.26. The van der Waals surface area contributed by atoms with Gasteiger partial charge in [-0.25, -0.2) is 9.97 Å². The van der Waals surface area contributed by atoms with E-state index >= 15 is 0 Å². The van der Waals surface area contributed by atoms with Gasteiger partial charge in [0, 0.05) is 44.2 Å². The molecule has 2 amide bonds. The Hall–Kier alpha value is -3.04. The summed E-state index contributed by atoms with van der Waals surface area (Å²) < 4.78 is 0. The highest BCUT2D eigenvalue weighted by Gasteiger charge is 2.30. The quantitative estimate of drug-likeness (QED) is 0.348. The number of aromatic nitrogens is 2. The number of hydrogen-bond acceptors (Lipinski definition) is 6. The van der Waals surface area contributed by atoms with E-state index in [9.17, 15) is 14.4 Å². The van der Waals surface area contributed by atoms with E-state index < -0.39 is 17.9 Å². The van der Waals surface area contributed by atoms with E-state index in [0.29, 0.717) is 31.8 Å². The molecule has 1 atom stereocenters. The first-order valence-corrected chi connectivity index (χ1v) is 12.7. The van der Waals surface area contributed by atoms with Crippen molar-refractivity contribution in [1.82, 2.24) is 25.1 Å². The summed E-state index contributed by atoms with van der Waals surface area (Å²) in [6.45, 7) is 7.43. The summed E-state index contributed by atoms with van der Waals surface area (Å²) in [5, 5.41) is 11.8. The molecule has 1 aromatic carbocycles. The molecule has 2 N–H and O–H groups in total. The van der Waals surface area contributed by atoms with E-state index in [2.05, 4.69) is 20.2 Å². The molecule has 0 aliphatic carbocycles. The topological polar surface area (TPSA) is 116 Å². The molecule has 0 unspecified atom stereocenters. The Labute approximate surface area is 216 Å². The maximum atomic E-state index is 13.4. The van der Waals surface area contributed by atoms with Gasteiger partial charge in [-0.1, -0.05) is 55.8 Å². The number of hydrogen-bond donors (Lipinski definition) is 2. The van der Waals surface area contributed by atoms with Crippen LogP contribution in [0.4, 0.5) is 0 Å². The summed E-state index contributed by atoms with van der Waals surface area (Å²) in [5.74, 6) is -0.800. The molecule has 1 aliphatic rings. The van der Waals surface area contributed by atoms with Gasteiger partial charge in [0.25, 0.3) is 5.91 Å². The normalized spacial score (nSPS) is 15.1. The number of nitrogens with zero attached hydrogens (tertiary/aromatic N) is 4. The molecule has 1 aliphatic heterocycles. The number of unbranched alkanes of at least 4 members (excludes halogenated alkanes) is 1. The molecule has 194 valence electrons. The van der Waals surface area contributed by atoms with Crippen LogP contribution in [0.2, 0.25) is 5.15 Å². The molecule has 0 bridgehead atoms. The molecule has 0 spiro atoms. The van der Waals surface area contributed by atoms with Crippen molar-refractivity contribution in [2.75, 3.05) is 32.7 Å². The van der Waals surface area contributed by atoms with Crippen molar-refractivity contribution in [1.29, 1.82) is 0 Å². The van der Waals surface area contributed by atoms with E-state index in [1.54, 1.807) is 4.90 Å². The van der Waals surface area contributed by atoms with Gasteiger partial charge >= 0.3 is 5.97 Å². The van der Waals surface area contributed by atoms with Crippen LogP contribution in [0.15, 0.2) is 36.4 Å². The molecular formula is C26H34ClN5O4. The van der Waals surface area contributed by atoms with Crippen molar-refractivity contribution < 1.29 is 19.5 Å². The molecule has 10 heteroatoms. The smallest absolute Gasteiger partial charge is 0.303 e. The predicted octanol–water partition coefficient (Wildman–Crippen LogP) is 3.34. The lowest BCUT2D eigenvalue weighted by atomic mass is 10.0. The van der Waals surface area contributed by atoms with Crippen LogP contribution in [-0.4, -0.2) is 81.4 Å². The second kappa shape index (κ2) is 13.3. The number of piperazine rings is 1. The summed E-state index contributed by atoms with van der Waals surface area (Å²) in [4.78, 5) is 49.8. The molecular weight excluding hydrogens is 482 g/mol. The van der Waals surface area contributed by atoms with Crippen LogP contribution < -0.4 is 5.32 Å². The second-order valence-corrected chi connectivity index (χ2v) is 9.83. The Kier molecular flexibility index (Phi) is 10.2. The number of carboxylic acids is 1. The third kappa shape index (κ3) is 8.27. The molecule has 1 saturated heterocycles. The van der Waals surface area contributed by atoms with Crippen LogP contribution in [0.1, 0.15) is 50.0 Å². The van der Waals surface area contributed by atoms with E-state index in [0.717, 1.165) is 31.6 Å². The monoisotopic (exact) mass is 515 g/mol. The summed E-state index contributed by atoms with van der Waals surface area (Å²) in [6, 6.07) is 9.99. The Morgan fingerprint density at radius 3 is 2.39 bits per heavy atom. The van der Waals surface area contributed by atoms with Crippen LogP contribution in [-0.2, 0) is 9.59 Å². The molecule has 0 saturated carbocycles. The van der Waals surface area contributed by atoms with Gasteiger partial charge in [0.1, 0.15) is 16.9 Å². The molecule has 9 nitrogen and oxygen atoms in total. The summed E-state index contributed by atoms with van der Waals surface area (Å²) in [6.07, 6.45) is 2.15. The van der Waals surface area contributed by atoms with Crippen LogP contribution in [0.5, 0.6) is 0 Å². The molecule has 2 aromatic rings. The van der Waals surface area contributed by atoms with E-state index in [1.165, 1.54) is 6.07 Å². The van der Waals surface area contributed by atoms with Gasteiger partial charge in [-0.05, 0) is 31.7 Å². The van der Waals surface area contributed by atoms with Crippen LogP contribution in [0.3, 0.4) is 0 Å². The first-order valence-electron chi connectivity index (χ1n) is 12.4. The number of nitrogens with one attached hydrogen (secondary N) is 1. The van der Waals surface area contributed by atoms with Crippen LogP contribution in [0.25, 0.3) is 11.4 Å². The number of benzene rings is 1. The van der Waals surface area contributed by atoms with E-state index in [1.807, 2.05) is 44.2 Å². The Morgan fingerprint density at radius 1 is 1.06 bits per heavy atom. The zero-order chi connectivity index (χ0) is 26.1. The van der Waals surface area contributed by atoms with Crippen LogP contribution >= 0.6 is 11.6 Å². The van der Waals surface area contributed by atoms with Crippen molar-refractivity contribution in [2.24, 2.45) is 5.92 Å². The number of carbonyl (C=O) groups excluding carboxylic acids is 2. The lowest BCUT2D eigenvalue weighted by Gasteiger charge is -2.36. The fourth-order valence-electron chi connectivity index (χ4n) is 4.20. The fraction of sp³-hybridized carbons (Fsp3) is 0.500. The van der Waals surface area contributed by atoms with Crippen molar-refractivity contribution in [3.8, 4) is 11.4 Å². The highest BCUT2D eigenvalue weighted by Crippen LogP contribution is 2.18. The number of amides is 2. The average molecular weight is 516 g/mol. The molecule has 0 radical (unpaired) electrons. The molecule has 1 aromatic heterocycles. The maximum Gasteiger partial charge on any atom is 0.303 e. The number of carboxylic acid groups (broad SMARTS) is 1. The number of halogens is 1. The maximum absolute atomic E-state index is 13.4. The Bertz CT molecular complexity index is 1040. The van der Waals surface area contributed by atoms with Gasteiger partial charge in [0.2, 0.25) is 5.91 Å². The lowest BCUT2D eigenvalue weighted by molar-refractivity contribution is -0.137. The number of rotatable bonds is 11. The van der Waals surface area contributed by atoms with Crippen molar-refractivity contribution >= 4 is 29.4 Å². The van der Waals surface area contributed by atoms with Gasteiger partial charge in [-0.15, -0.1) is 0 Å². The zero-order valence-corrected chi connectivity index (χ0v) is 21.6. The minimum Gasteiger partial charge on any atom is -0.481 e. The Morgan fingerprint density at radius 2 is 1.75 bits per heavy atom. The summed E-state index contributed by atoms with van der Waals surface area (Å²) in [5.41, 5.74) is 0.853. The van der Waals surface area contributed by atoms with Crippen molar-refractivity contribution in [2.45, 2.75) is 45.6 Å². The first kappa shape index (κ1) is 27.5. The van der Waals surface area contributed by atoms with E-state index in [-0.39, 0.29) is 29.1 Å².